The molecular formula is C24H20N2O4S. The standard InChI is InChI=1S/C24H20N2O4S/c1-17-11-12-18-15-20(13-14-23(18)25-17)26(31(2,28)29)24(27)19-7-6-10-22(16-19)30-21-8-4-3-5-9-21/h3-16H,1-2H3. The molecule has 0 saturated carbocycles. The van der Waals surface area contributed by atoms with Crippen LogP contribution >= 0.6 is 0 Å². The molecule has 0 unspecified atom stereocenters. The third-order valence-corrected chi connectivity index (χ3v) is 5.66. The number of benzene rings is 3. The molecule has 0 bridgehead atoms. The van der Waals surface area contributed by atoms with E-state index in [4.69, 9.17) is 4.74 Å². The number of aromatic nitrogens is 1. The first kappa shape index (κ1) is 20.6. The fraction of sp³-hybridized carbons (Fsp3) is 0.0833. The van der Waals surface area contributed by atoms with Gasteiger partial charge in [0.25, 0.3) is 5.91 Å². The summed E-state index contributed by atoms with van der Waals surface area (Å²) < 4.78 is 31.7. The minimum atomic E-state index is -3.89. The molecule has 0 aliphatic rings. The molecule has 4 aromatic rings. The number of sulfonamides is 1. The molecular weight excluding hydrogens is 412 g/mol. The number of aryl methyl sites for hydroxylation is 1. The van der Waals surface area contributed by atoms with E-state index in [9.17, 15) is 13.2 Å². The second-order valence-corrected chi connectivity index (χ2v) is 8.94. The van der Waals surface area contributed by atoms with E-state index in [0.29, 0.717) is 11.5 Å². The predicted molar refractivity (Wildman–Crippen MR) is 121 cm³/mol. The summed E-state index contributed by atoms with van der Waals surface area (Å²) in [6, 6.07) is 24.2. The zero-order chi connectivity index (χ0) is 22.0. The third kappa shape index (κ3) is 4.57. The number of carbonyl (C=O) groups excluding carboxylic acids is 1. The van der Waals surface area contributed by atoms with E-state index < -0.39 is 15.9 Å². The lowest BCUT2D eigenvalue weighted by Gasteiger charge is -2.21. The van der Waals surface area contributed by atoms with Crippen LogP contribution in [0.4, 0.5) is 5.69 Å². The van der Waals surface area contributed by atoms with Crippen LogP contribution in [0.15, 0.2) is 84.9 Å². The lowest BCUT2D eigenvalue weighted by Crippen LogP contribution is -2.36. The van der Waals surface area contributed by atoms with Gasteiger partial charge in [-0.2, -0.15) is 0 Å². The average Bonchev–Trinajstić information content (AvgIpc) is 2.74. The lowest BCUT2D eigenvalue weighted by molar-refractivity contribution is 0.101. The molecule has 31 heavy (non-hydrogen) atoms. The number of para-hydroxylation sites is 1. The topological polar surface area (TPSA) is 76.6 Å². The van der Waals surface area contributed by atoms with E-state index in [-0.39, 0.29) is 11.3 Å². The van der Waals surface area contributed by atoms with Crippen LogP contribution in [0.2, 0.25) is 0 Å². The highest BCUT2D eigenvalue weighted by Gasteiger charge is 2.27. The Bertz CT molecular complexity index is 1370. The molecule has 3 aromatic carbocycles. The highest BCUT2D eigenvalue weighted by molar-refractivity contribution is 7.92. The first-order chi connectivity index (χ1) is 14.8. The fourth-order valence-corrected chi connectivity index (χ4v) is 4.14. The zero-order valence-corrected chi connectivity index (χ0v) is 17.8. The van der Waals surface area contributed by atoms with Crippen LogP contribution in [-0.4, -0.2) is 25.6 Å². The smallest absolute Gasteiger partial charge is 0.272 e. The Hall–Kier alpha value is -3.71. The molecule has 6 nitrogen and oxygen atoms in total. The molecule has 0 fully saturated rings. The SMILES string of the molecule is Cc1ccc2cc(N(C(=O)c3cccc(Oc4ccccc4)c3)S(C)(=O)=O)ccc2n1. The molecule has 0 radical (unpaired) electrons. The summed E-state index contributed by atoms with van der Waals surface area (Å²) in [7, 11) is -3.89. The van der Waals surface area contributed by atoms with Crippen molar-refractivity contribution in [1.82, 2.24) is 4.98 Å². The highest BCUT2D eigenvalue weighted by Crippen LogP contribution is 2.27. The van der Waals surface area contributed by atoms with E-state index in [0.717, 1.165) is 27.2 Å². The van der Waals surface area contributed by atoms with E-state index in [1.54, 1.807) is 48.5 Å². The van der Waals surface area contributed by atoms with Crippen molar-refractivity contribution in [1.29, 1.82) is 0 Å². The molecule has 1 aromatic heterocycles. The van der Waals surface area contributed by atoms with E-state index in [1.807, 2.05) is 37.3 Å². The first-order valence-electron chi connectivity index (χ1n) is 9.56. The van der Waals surface area contributed by atoms with Crippen LogP contribution in [-0.2, 0) is 10.0 Å². The summed E-state index contributed by atoms with van der Waals surface area (Å²) in [5, 5.41) is 0.741. The molecule has 0 aliphatic carbocycles. The molecule has 1 heterocycles. The zero-order valence-electron chi connectivity index (χ0n) is 17.0. The van der Waals surface area contributed by atoms with Gasteiger partial charge < -0.3 is 4.74 Å². The maximum absolute atomic E-state index is 13.3. The van der Waals surface area contributed by atoms with Crippen LogP contribution < -0.4 is 9.04 Å². The second kappa shape index (κ2) is 8.20. The number of hydrogen-bond acceptors (Lipinski definition) is 5. The van der Waals surface area contributed by atoms with Crippen molar-refractivity contribution in [2.24, 2.45) is 0 Å². The number of nitrogens with zero attached hydrogens (tertiary/aromatic N) is 2. The predicted octanol–water partition coefficient (Wildman–Crippen LogP) is 4.94. The van der Waals surface area contributed by atoms with Gasteiger partial charge in [0.1, 0.15) is 11.5 Å². The third-order valence-electron chi connectivity index (χ3n) is 4.62. The molecule has 7 heteroatoms. The summed E-state index contributed by atoms with van der Waals surface area (Å²) in [5.41, 5.74) is 2.02. The number of anilines is 1. The van der Waals surface area contributed by atoms with Gasteiger partial charge >= 0.3 is 0 Å². The number of amides is 1. The van der Waals surface area contributed by atoms with E-state index in [1.165, 1.54) is 6.07 Å². The summed E-state index contributed by atoms with van der Waals surface area (Å²) >= 11 is 0. The van der Waals surface area contributed by atoms with Crippen molar-refractivity contribution >= 4 is 32.5 Å². The minimum absolute atomic E-state index is 0.195. The summed E-state index contributed by atoms with van der Waals surface area (Å²) in [6.07, 6.45) is 1.01. The second-order valence-electron chi connectivity index (χ2n) is 7.11. The van der Waals surface area contributed by atoms with Crippen molar-refractivity contribution < 1.29 is 17.9 Å². The van der Waals surface area contributed by atoms with Crippen LogP contribution in [0.3, 0.4) is 0 Å². The maximum Gasteiger partial charge on any atom is 0.272 e. The van der Waals surface area contributed by atoms with Crippen LogP contribution in [0, 0.1) is 6.92 Å². The van der Waals surface area contributed by atoms with Crippen molar-refractivity contribution in [3.8, 4) is 11.5 Å². The van der Waals surface area contributed by atoms with Gasteiger partial charge in [0.05, 0.1) is 17.5 Å². The van der Waals surface area contributed by atoms with Gasteiger partial charge in [-0.1, -0.05) is 30.3 Å². The van der Waals surface area contributed by atoms with Gasteiger partial charge in [-0.3, -0.25) is 9.78 Å². The van der Waals surface area contributed by atoms with Crippen LogP contribution in [0.5, 0.6) is 11.5 Å². The molecule has 1 amide bonds. The Morgan fingerprint density at radius 2 is 1.61 bits per heavy atom. The number of pyridine rings is 1. The number of rotatable bonds is 5. The van der Waals surface area contributed by atoms with Crippen molar-refractivity contribution in [3.05, 3.63) is 96.2 Å². The van der Waals surface area contributed by atoms with Gasteiger partial charge in [0, 0.05) is 16.6 Å². The van der Waals surface area contributed by atoms with Crippen molar-refractivity contribution in [2.75, 3.05) is 10.6 Å². The molecule has 156 valence electrons. The minimum Gasteiger partial charge on any atom is -0.457 e. The normalized spacial score (nSPS) is 11.3. The van der Waals surface area contributed by atoms with Gasteiger partial charge in [0.2, 0.25) is 10.0 Å². The molecule has 4 rings (SSSR count). The molecule has 0 atom stereocenters. The largest absolute Gasteiger partial charge is 0.457 e. The van der Waals surface area contributed by atoms with Crippen molar-refractivity contribution in [3.63, 3.8) is 0 Å². The molecule has 0 saturated heterocycles. The van der Waals surface area contributed by atoms with Crippen LogP contribution in [0.1, 0.15) is 16.1 Å². The monoisotopic (exact) mass is 432 g/mol. The highest BCUT2D eigenvalue weighted by atomic mass is 32.2. The number of ether oxygens (including phenoxy) is 1. The Morgan fingerprint density at radius 3 is 2.35 bits per heavy atom. The van der Waals surface area contributed by atoms with Gasteiger partial charge in [-0.25, -0.2) is 12.7 Å². The van der Waals surface area contributed by atoms with Crippen LogP contribution in [0.25, 0.3) is 10.9 Å². The van der Waals surface area contributed by atoms with Gasteiger partial charge in [-0.05, 0) is 61.5 Å². The van der Waals surface area contributed by atoms with Gasteiger partial charge in [0.15, 0.2) is 0 Å². The van der Waals surface area contributed by atoms with Gasteiger partial charge in [-0.15, -0.1) is 0 Å². The average molecular weight is 433 g/mol. The number of carbonyl (C=O) groups is 1. The summed E-state index contributed by atoms with van der Waals surface area (Å²) in [6.45, 7) is 1.88. The van der Waals surface area contributed by atoms with E-state index >= 15 is 0 Å². The quantitative estimate of drug-likeness (QED) is 0.446. The first-order valence-corrected chi connectivity index (χ1v) is 11.4. The Balaban J connectivity index is 1.72. The summed E-state index contributed by atoms with van der Waals surface area (Å²) in [4.78, 5) is 17.7. The lowest BCUT2D eigenvalue weighted by atomic mass is 10.1. The Kier molecular flexibility index (Phi) is 5.44. The molecule has 0 spiro atoms. The number of fused-ring (bicyclic) bond motifs is 1. The van der Waals surface area contributed by atoms with Crippen molar-refractivity contribution in [2.45, 2.75) is 6.92 Å². The Morgan fingerprint density at radius 1 is 0.871 bits per heavy atom. The fourth-order valence-electron chi connectivity index (χ4n) is 3.24. The maximum atomic E-state index is 13.3. The summed E-state index contributed by atoms with van der Waals surface area (Å²) in [5.74, 6) is 0.383. The van der Waals surface area contributed by atoms with E-state index in [2.05, 4.69) is 4.98 Å². The Labute approximate surface area is 180 Å². The molecule has 0 aliphatic heterocycles. The molecule has 0 N–H and O–H groups in total. The number of hydrogen-bond donors (Lipinski definition) is 0.